The summed E-state index contributed by atoms with van der Waals surface area (Å²) in [6, 6.07) is 28.8. The number of carbonyl (C=O) groups excluding carboxylic acids is 1. The van der Waals surface area contributed by atoms with E-state index < -0.39 is 0 Å². The van der Waals surface area contributed by atoms with E-state index in [0.717, 1.165) is 35.1 Å². The van der Waals surface area contributed by atoms with E-state index in [-0.39, 0.29) is 5.91 Å². The lowest BCUT2D eigenvalue weighted by Crippen LogP contribution is -2.34. The molecule has 4 aromatic rings. The molecular formula is C27H28N2O. The van der Waals surface area contributed by atoms with Gasteiger partial charge in [0.05, 0.1) is 6.54 Å². The van der Waals surface area contributed by atoms with Crippen LogP contribution in [0, 0.1) is 5.92 Å². The first-order valence-corrected chi connectivity index (χ1v) is 10.6. The van der Waals surface area contributed by atoms with Crippen LogP contribution in [0.2, 0.25) is 0 Å². The number of nitrogens with zero attached hydrogens (tertiary/aromatic N) is 2. The van der Waals surface area contributed by atoms with Gasteiger partial charge in [-0.25, -0.2) is 0 Å². The average molecular weight is 397 g/mol. The van der Waals surface area contributed by atoms with Gasteiger partial charge in [0.1, 0.15) is 0 Å². The number of aromatic nitrogens is 1. The molecule has 0 saturated carbocycles. The van der Waals surface area contributed by atoms with Crippen LogP contribution in [0.3, 0.4) is 0 Å². The van der Waals surface area contributed by atoms with Crippen LogP contribution >= 0.6 is 0 Å². The molecule has 0 aliphatic rings. The van der Waals surface area contributed by atoms with E-state index in [0.29, 0.717) is 12.5 Å². The summed E-state index contributed by atoms with van der Waals surface area (Å²) in [6.45, 7) is 6.45. The molecule has 1 amide bonds. The van der Waals surface area contributed by atoms with E-state index in [1.165, 1.54) is 5.56 Å². The Hall–Kier alpha value is -3.33. The molecule has 1 aromatic heterocycles. The number of fused-ring (bicyclic) bond motifs is 1. The minimum absolute atomic E-state index is 0.0851. The summed E-state index contributed by atoms with van der Waals surface area (Å²) < 4.78 is 2.23. The van der Waals surface area contributed by atoms with Gasteiger partial charge in [-0.3, -0.25) is 4.79 Å². The van der Waals surface area contributed by atoms with Gasteiger partial charge < -0.3 is 9.47 Å². The molecule has 0 atom stereocenters. The maximum atomic E-state index is 13.4. The van der Waals surface area contributed by atoms with Crippen molar-refractivity contribution in [1.82, 2.24) is 9.47 Å². The molecule has 0 fully saturated rings. The zero-order chi connectivity index (χ0) is 20.9. The molecule has 0 spiro atoms. The topological polar surface area (TPSA) is 25.2 Å². The Labute approximate surface area is 178 Å². The second-order valence-corrected chi connectivity index (χ2v) is 8.25. The molecule has 0 N–H and O–H groups in total. The summed E-state index contributed by atoms with van der Waals surface area (Å²) >= 11 is 0. The number of amides is 1. The molecule has 3 nitrogen and oxygen atoms in total. The standard InChI is InChI=1S/C27H28N2O/c1-21(2)18-29(27(30)25-15-14-23-11-6-7-12-24(23)17-25)20-26-13-8-16-28(26)19-22-9-4-3-5-10-22/h3-17,21H,18-20H2,1-2H3. The predicted molar refractivity (Wildman–Crippen MR) is 124 cm³/mol. The molecule has 0 radical (unpaired) electrons. The lowest BCUT2D eigenvalue weighted by atomic mass is 10.1. The van der Waals surface area contributed by atoms with Gasteiger partial charge in [-0.2, -0.15) is 0 Å². The van der Waals surface area contributed by atoms with Gasteiger partial charge in [0, 0.05) is 30.5 Å². The minimum Gasteiger partial charge on any atom is -0.345 e. The fourth-order valence-corrected chi connectivity index (χ4v) is 3.89. The second kappa shape index (κ2) is 9.00. The van der Waals surface area contributed by atoms with Gasteiger partial charge in [-0.05, 0) is 46.5 Å². The Morgan fingerprint density at radius 1 is 0.867 bits per heavy atom. The van der Waals surface area contributed by atoms with Crippen molar-refractivity contribution in [2.45, 2.75) is 26.9 Å². The molecule has 3 aromatic carbocycles. The molecule has 0 saturated heterocycles. The maximum absolute atomic E-state index is 13.4. The van der Waals surface area contributed by atoms with Crippen molar-refractivity contribution in [3.05, 3.63) is 108 Å². The third-order valence-electron chi connectivity index (χ3n) is 5.34. The Balaban J connectivity index is 1.58. The molecule has 1 heterocycles. The molecule has 3 heteroatoms. The Morgan fingerprint density at radius 3 is 2.37 bits per heavy atom. The monoisotopic (exact) mass is 396 g/mol. The van der Waals surface area contributed by atoms with Gasteiger partial charge in [0.15, 0.2) is 0 Å². The molecule has 30 heavy (non-hydrogen) atoms. The van der Waals surface area contributed by atoms with E-state index in [4.69, 9.17) is 0 Å². The quantitative estimate of drug-likeness (QED) is 0.377. The van der Waals surface area contributed by atoms with Crippen molar-refractivity contribution >= 4 is 16.7 Å². The molecule has 0 bridgehead atoms. The molecular weight excluding hydrogens is 368 g/mol. The molecule has 0 aliphatic heterocycles. The zero-order valence-electron chi connectivity index (χ0n) is 17.7. The van der Waals surface area contributed by atoms with Crippen molar-refractivity contribution in [3.8, 4) is 0 Å². The van der Waals surface area contributed by atoms with E-state index in [1.54, 1.807) is 0 Å². The van der Waals surface area contributed by atoms with E-state index in [9.17, 15) is 4.79 Å². The number of hydrogen-bond donors (Lipinski definition) is 0. The van der Waals surface area contributed by atoms with Gasteiger partial charge in [0.2, 0.25) is 0 Å². The lowest BCUT2D eigenvalue weighted by Gasteiger charge is -2.26. The highest BCUT2D eigenvalue weighted by Gasteiger charge is 2.19. The Bertz CT molecular complexity index is 1130. The summed E-state index contributed by atoms with van der Waals surface area (Å²) in [4.78, 5) is 15.4. The van der Waals surface area contributed by atoms with Gasteiger partial charge >= 0.3 is 0 Å². The first-order chi connectivity index (χ1) is 14.6. The first kappa shape index (κ1) is 20.0. The number of rotatable bonds is 7. The minimum atomic E-state index is 0.0851. The Morgan fingerprint density at radius 2 is 1.60 bits per heavy atom. The SMILES string of the molecule is CC(C)CN(Cc1cccn1Cc1ccccc1)C(=O)c1ccc2ccccc2c1. The first-order valence-electron chi connectivity index (χ1n) is 10.6. The van der Waals surface area contributed by atoms with Crippen LogP contribution < -0.4 is 0 Å². The van der Waals surface area contributed by atoms with Crippen molar-refractivity contribution in [2.75, 3.05) is 6.54 Å². The van der Waals surface area contributed by atoms with Crippen LogP contribution in [0.5, 0.6) is 0 Å². The summed E-state index contributed by atoms with van der Waals surface area (Å²) in [6.07, 6.45) is 2.09. The molecule has 4 rings (SSSR count). The molecule has 0 aliphatic carbocycles. The highest BCUT2D eigenvalue weighted by atomic mass is 16.2. The fraction of sp³-hybridized carbons (Fsp3) is 0.222. The van der Waals surface area contributed by atoms with Crippen molar-refractivity contribution in [1.29, 1.82) is 0 Å². The Kier molecular flexibility index (Phi) is 5.99. The number of benzene rings is 3. The third-order valence-corrected chi connectivity index (χ3v) is 5.34. The molecule has 0 unspecified atom stereocenters. The van der Waals surface area contributed by atoms with Crippen LogP contribution in [0.4, 0.5) is 0 Å². The van der Waals surface area contributed by atoms with Crippen molar-refractivity contribution in [2.24, 2.45) is 5.92 Å². The largest absolute Gasteiger partial charge is 0.345 e. The second-order valence-electron chi connectivity index (χ2n) is 8.25. The van der Waals surface area contributed by atoms with E-state index in [1.807, 2.05) is 41.3 Å². The smallest absolute Gasteiger partial charge is 0.254 e. The predicted octanol–water partition coefficient (Wildman–Crippen LogP) is 5.99. The highest BCUT2D eigenvalue weighted by molar-refractivity contribution is 5.98. The average Bonchev–Trinajstić information content (AvgIpc) is 3.19. The van der Waals surface area contributed by atoms with Crippen molar-refractivity contribution < 1.29 is 4.79 Å². The maximum Gasteiger partial charge on any atom is 0.254 e. The van der Waals surface area contributed by atoms with Crippen LogP contribution in [-0.2, 0) is 13.1 Å². The lowest BCUT2D eigenvalue weighted by molar-refractivity contribution is 0.0719. The summed E-state index contributed by atoms with van der Waals surface area (Å²) in [5.74, 6) is 0.480. The van der Waals surface area contributed by atoms with Crippen LogP contribution in [0.15, 0.2) is 91.1 Å². The van der Waals surface area contributed by atoms with Crippen LogP contribution in [0.25, 0.3) is 10.8 Å². The van der Waals surface area contributed by atoms with Gasteiger partial charge in [-0.15, -0.1) is 0 Å². The van der Waals surface area contributed by atoms with Gasteiger partial charge in [0.25, 0.3) is 5.91 Å². The zero-order valence-corrected chi connectivity index (χ0v) is 17.7. The summed E-state index contributed by atoms with van der Waals surface area (Å²) in [5, 5.41) is 2.25. The van der Waals surface area contributed by atoms with E-state index >= 15 is 0 Å². The van der Waals surface area contributed by atoms with Crippen LogP contribution in [-0.4, -0.2) is 21.9 Å². The number of hydrogen-bond acceptors (Lipinski definition) is 1. The molecule has 152 valence electrons. The highest BCUT2D eigenvalue weighted by Crippen LogP contribution is 2.19. The summed E-state index contributed by atoms with van der Waals surface area (Å²) in [7, 11) is 0. The fourth-order valence-electron chi connectivity index (χ4n) is 3.89. The number of carbonyl (C=O) groups is 1. The third kappa shape index (κ3) is 4.62. The van der Waals surface area contributed by atoms with Crippen LogP contribution in [0.1, 0.15) is 35.5 Å². The summed E-state index contributed by atoms with van der Waals surface area (Å²) in [5.41, 5.74) is 3.15. The van der Waals surface area contributed by atoms with E-state index in [2.05, 4.69) is 73.1 Å². The normalized spacial score (nSPS) is 11.2. The van der Waals surface area contributed by atoms with Gasteiger partial charge in [-0.1, -0.05) is 74.5 Å². The van der Waals surface area contributed by atoms with Crippen molar-refractivity contribution in [3.63, 3.8) is 0 Å².